The van der Waals surface area contributed by atoms with Crippen molar-refractivity contribution in [3.63, 3.8) is 0 Å². The Morgan fingerprint density at radius 2 is 1.87 bits per heavy atom. The van der Waals surface area contributed by atoms with Crippen LogP contribution in [0.4, 0.5) is 0 Å². The molecule has 7 heteroatoms. The molecule has 31 heavy (non-hydrogen) atoms. The van der Waals surface area contributed by atoms with Gasteiger partial charge in [-0.1, -0.05) is 24.3 Å². The number of fused-ring (bicyclic) bond motifs is 2. The zero-order valence-electron chi connectivity index (χ0n) is 16.8. The first-order valence-electron chi connectivity index (χ1n) is 10.5. The molecule has 0 radical (unpaired) electrons. The number of rotatable bonds is 5. The first-order chi connectivity index (χ1) is 15.3. The Labute approximate surface area is 178 Å². The van der Waals surface area contributed by atoms with E-state index in [9.17, 15) is 4.79 Å². The molecule has 0 N–H and O–H groups in total. The maximum atomic E-state index is 13.3. The number of imidazole rings is 1. The Morgan fingerprint density at radius 3 is 2.68 bits per heavy atom. The summed E-state index contributed by atoms with van der Waals surface area (Å²) in [7, 11) is 0. The third-order valence-electron chi connectivity index (χ3n) is 5.80. The summed E-state index contributed by atoms with van der Waals surface area (Å²) in [6.45, 7) is 0.462. The minimum Gasteiger partial charge on any atom is -0.307 e. The molecule has 0 unspecified atom stereocenters. The summed E-state index contributed by atoms with van der Waals surface area (Å²) >= 11 is 0. The van der Waals surface area contributed by atoms with E-state index in [1.54, 1.807) is 6.20 Å². The lowest BCUT2D eigenvalue weighted by molar-refractivity contribution is 0.580. The molecule has 0 saturated heterocycles. The lowest BCUT2D eigenvalue weighted by Crippen LogP contribution is -2.24. The minimum atomic E-state index is -0.108. The van der Waals surface area contributed by atoms with Gasteiger partial charge in [-0.05, 0) is 30.5 Å². The van der Waals surface area contributed by atoms with Crippen LogP contribution in [-0.4, -0.2) is 29.1 Å². The topological polar surface area (TPSA) is 78.0 Å². The minimum absolute atomic E-state index is 0.108. The summed E-state index contributed by atoms with van der Waals surface area (Å²) in [5, 5.41) is 5.86. The second kappa shape index (κ2) is 7.12. The maximum absolute atomic E-state index is 13.3. The fraction of sp³-hybridized carbons (Fsp3) is 0.208. The first-order valence-corrected chi connectivity index (χ1v) is 10.5. The summed E-state index contributed by atoms with van der Waals surface area (Å²) in [6, 6.07) is 11.7. The molecule has 1 aliphatic rings. The highest BCUT2D eigenvalue weighted by molar-refractivity contribution is 5.95. The van der Waals surface area contributed by atoms with Crippen molar-refractivity contribution in [3.8, 4) is 11.1 Å². The summed E-state index contributed by atoms with van der Waals surface area (Å²) in [4.78, 5) is 27.0. The number of benzene rings is 1. The third-order valence-corrected chi connectivity index (χ3v) is 5.80. The number of hydrogen-bond donors (Lipinski definition) is 0. The molecular formula is C24H20N6O. The Balaban J connectivity index is 1.35. The largest absolute Gasteiger partial charge is 0.307 e. The van der Waals surface area contributed by atoms with Gasteiger partial charge in [-0.15, -0.1) is 0 Å². The molecule has 5 aromatic rings. The molecule has 1 aliphatic carbocycles. The zero-order valence-corrected chi connectivity index (χ0v) is 16.8. The van der Waals surface area contributed by atoms with Crippen LogP contribution < -0.4 is 5.56 Å². The van der Waals surface area contributed by atoms with Crippen LogP contribution in [0.15, 0.2) is 72.2 Å². The molecule has 1 saturated carbocycles. The molecule has 0 spiro atoms. The van der Waals surface area contributed by atoms with E-state index < -0.39 is 0 Å². The predicted molar refractivity (Wildman–Crippen MR) is 118 cm³/mol. The molecule has 4 aromatic heterocycles. The van der Waals surface area contributed by atoms with Gasteiger partial charge in [-0.3, -0.25) is 4.79 Å². The number of nitrogens with zero attached hydrogens (tertiary/aromatic N) is 6. The van der Waals surface area contributed by atoms with Gasteiger partial charge in [0.05, 0.1) is 23.8 Å². The average Bonchev–Trinajstić information content (AvgIpc) is 3.57. The van der Waals surface area contributed by atoms with Crippen LogP contribution in [0.5, 0.6) is 0 Å². The van der Waals surface area contributed by atoms with E-state index in [1.807, 2.05) is 65.6 Å². The van der Waals surface area contributed by atoms with Crippen LogP contribution in [0.2, 0.25) is 0 Å². The van der Waals surface area contributed by atoms with Crippen molar-refractivity contribution in [2.75, 3.05) is 0 Å². The molecule has 4 heterocycles. The van der Waals surface area contributed by atoms with Crippen molar-refractivity contribution < 1.29 is 0 Å². The van der Waals surface area contributed by atoms with E-state index >= 15 is 0 Å². The number of hydrogen-bond acceptors (Lipinski definition) is 5. The Morgan fingerprint density at radius 1 is 1.00 bits per heavy atom. The fourth-order valence-corrected chi connectivity index (χ4v) is 3.99. The van der Waals surface area contributed by atoms with Crippen molar-refractivity contribution >= 4 is 16.4 Å². The van der Waals surface area contributed by atoms with Gasteiger partial charge in [-0.25, -0.2) is 19.6 Å². The van der Waals surface area contributed by atoms with E-state index in [0.717, 1.165) is 46.5 Å². The van der Waals surface area contributed by atoms with E-state index in [1.165, 1.54) is 4.68 Å². The highest BCUT2D eigenvalue weighted by Gasteiger charge is 2.26. The van der Waals surface area contributed by atoms with Gasteiger partial charge in [0.25, 0.3) is 5.56 Å². The van der Waals surface area contributed by atoms with Crippen LogP contribution in [0.3, 0.4) is 0 Å². The first kappa shape index (κ1) is 17.9. The molecule has 7 nitrogen and oxygen atoms in total. The van der Waals surface area contributed by atoms with Gasteiger partial charge in [0.1, 0.15) is 11.5 Å². The van der Waals surface area contributed by atoms with Gasteiger partial charge < -0.3 is 4.40 Å². The Bertz CT molecular complexity index is 1430. The number of aryl methyl sites for hydroxylation is 2. The smallest absolute Gasteiger partial charge is 0.275 e. The zero-order chi connectivity index (χ0) is 20.8. The maximum Gasteiger partial charge on any atom is 0.275 e. The fourth-order valence-electron chi connectivity index (χ4n) is 3.99. The normalized spacial score (nSPS) is 13.8. The van der Waals surface area contributed by atoms with Crippen LogP contribution >= 0.6 is 0 Å². The van der Waals surface area contributed by atoms with Crippen molar-refractivity contribution in [1.82, 2.24) is 29.1 Å². The molecule has 0 aliphatic heterocycles. The average molecular weight is 408 g/mol. The molecule has 6 rings (SSSR count). The molecular weight excluding hydrogens is 388 g/mol. The van der Waals surface area contributed by atoms with Gasteiger partial charge in [0.2, 0.25) is 0 Å². The van der Waals surface area contributed by atoms with Gasteiger partial charge >= 0.3 is 0 Å². The summed E-state index contributed by atoms with van der Waals surface area (Å²) in [5.74, 6) is 1.40. The lowest BCUT2D eigenvalue weighted by Gasteiger charge is -2.09. The standard InChI is InChI=1S/C24H20N6O/c31-24-22-17(4-3-5-20(22)18-12-25-23(26-13-18)16-7-8-16)14-27-30(24)11-9-19-15-29-10-2-1-6-21(29)28-19/h1-6,10,12-16H,7-9,11H2. The van der Waals surface area contributed by atoms with E-state index in [4.69, 9.17) is 0 Å². The quantitative estimate of drug-likeness (QED) is 0.444. The third kappa shape index (κ3) is 3.28. The monoisotopic (exact) mass is 408 g/mol. The number of pyridine rings is 1. The van der Waals surface area contributed by atoms with Crippen LogP contribution in [0, 0.1) is 0 Å². The molecule has 0 bridgehead atoms. The summed E-state index contributed by atoms with van der Waals surface area (Å²) < 4.78 is 3.50. The second-order valence-electron chi connectivity index (χ2n) is 8.00. The molecule has 152 valence electrons. The number of aromatic nitrogens is 6. The van der Waals surface area contributed by atoms with Crippen molar-refractivity contribution in [2.24, 2.45) is 0 Å². The lowest BCUT2D eigenvalue weighted by atomic mass is 10.0. The van der Waals surface area contributed by atoms with Gasteiger partial charge in [0.15, 0.2) is 0 Å². The highest BCUT2D eigenvalue weighted by Crippen LogP contribution is 2.38. The summed E-state index contributed by atoms with van der Waals surface area (Å²) in [6.07, 6.45) is 12.3. The Kier molecular flexibility index (Phi) is 4.12. The van der Waals surface area contributed by atoms with Crippen LogP contribution in [-0.2, 0) is 13.0 Å². The molecule has 0 atom stereocenters. The summed E-state index contributed by atoms with van der Waals surface area (Å²) in [5.41, 5.74) is 3.41. The van der Waals surface area contributed by atoms with Crippen molar-refractivity contribution in [3.05, 3.63) is 89.3 Å². The van der Waals surface area contributed by atoms with E-state index in [2.05, 4.69) is 20.1 Å². The van der Waals surface area contributed by atoms with Crippen LogP contribution in [0.25, 0.3) is 27.5 Å². The van der Waals surface area contributed by atoms with E-state index in [0.29, 0.717) is 24.3 Å². The van der Waals surface area contributed by atoms with Gasteiger partial charge in [-0.2, -0.15) is 5.10 Å². The van der Waals surface area contributed by atoms with Crippen molar-refractivity contribution in [1.29, 1.82) is 0 Å². The van der Waals surface area contributed by atoms with Crippen LogP contribution in [0.1, 0.15) is 30.3 Å². The highest BCUT2D eigenvalue weighted by atomic mass is 16.1. The molecule has 1 aromatic carbocycles. The molecule has 0 amide bonds. The SMILES string of the molecule is O=c1c2c(-c3cnc(C4CC4)nc3)cccc2cnn1CCc1cn2ccccc2n1. The van der Waals surface area contributed by atoms with E-state index in [-0.39, 0.29) is 5.56 Å². The Hall–Kier alpha value is -3.87. The second-order valence-corrected chi connectivity index (χ2v) is 8.00. The van der Waals surface area contributed by atoms with Crippen molar-refractivity contribution in [2.45, 2.75) is 31.7 Å². The molecule has 1 fully saturated rings. The predicted octanol–water partition coefficient (Wildman–Crippen LogP) is 3.62. The van der Waals surface area contributed by atoms with Gasteiger partial charge in [0, 0.05) is 48.1 Å².